The maximum absolute atomic E-state index is 10.1. The summed E-state index contributed by atoms with van der Waals surface area (Å²) >= 11 is 0. The molecule has 3 aromatic rings. The molecular weight excluding hydrogens is 304 g/mol. The fourth-order valence-corrected chi connectivity index (χ4v) is 2.55. The second-order valence-corrected chi connectivity index (χ2v) is 5.78. The molecule has 0 fully saturated rings. The normalized spacial score (nSPS) is 13.8. The molecule has 0 radical (unpaired) electrons. The Bertz CT molecular complexity index is 788. The van der Waals surface area contributed by atoms with Crippen molar-refractivity contribution in [3.05, 3.63) is 54.4 Å². The van der Waals surface area contributed by atoms with Gasteiger partial charge < -0.3 is 19.7 Å². The van der Waals surface area contributed by atoms with Crippen molar-refractivity contribution in [3.8, 4) is 0 Å². The van der Waals surface area contributed by atoms with Gasteiger partial charge in [0.1, 0.15) is 5.52 Å². The number of fused-ring (bicyclic) bond motifs is 1. The molecule has 3 rings (SSSR count). The monoisotopic (exact) mass is 326 g/mol. The lowest BCUT2D eigenvalue weighted by Crippen LogP contribution is -2.26. The van der Waals surface area contributed by atoms with Crippen molar-refractivity contribution >= 4 is 17.0 Å². The number of hydrogen-bond acceptors (Lipinski definition) is 5. The van der Waals surface area contributed by atoms with E-state index in [0.717, 1.165) is 16.6 Å². The highest BCUT2D eigenvalue weighted by atomic mass is 16.5. The van der Waals surface area contributed by atoms with Crippen molar-refractivity contribution in [3.63, 3.8) is 0 Å². The van der Waals surface area contributed by atoms with E-state index in [1.807, 2.05) is 54.9 Å². The molecule has 0 aliphatic rings. The molecule has 1 aromatic carbocycles. The quantitative estimate of drug-likeness (QED) is 0.698. The molecular formula is C18H22N4O2. The van der Waals surface area contributed by atoms with E-state index in [1.165, 1.54) is 0 Å². The van der Waals surface area contributed by atoms with Crippen LogP contribution in [0.15, 0.2) is 48.8 Å². The summed E-state index contributed by atoms with van der Waals surface area (Å²) in [6, 6.07) is 11.9. The minimum absolute atomic E-state index is 0.0531. The van der Waals surface area contributed by atoms with Crippen LogP contribution >= 0.6 is 0 Å². The first-order valence-corrected chi connectivity index (χ1v) is 8.00. The van der Waals surface area contributed by atoms with E-state index in [4.69, 9.17) is 4.74 Å². The Labute approximate surface area is 141 Å². The van der Waals surface area contributed by atoms with Crippen LogP contribution in [0.3, 0.4) is 0 Å². The highest BCUT2D eigenvalue weighted by Gasteiger charge is 2.12. The molecule has 2 unspecified atom stereocenters. The number of aromatic nitrogens is 3. The van der Waals surface area contributed by atoms with Gasteiger partial charge in [-0.15, -0.1) is 0 Å². The third kappa shape index (κ3) is 3.72. The van der Waals surface area contributed by atoms with Gasteiger partial charge in [-0.3, -0.25) is 4.98 Å². The number of aliphatic hydroxyl groups is 1. The van der Waals surface area contributed by atoms with Crippen molar-refractivity contribution < 1.29 is 9.84 Å². The second kappa shape index (κ2) is 7.42. The molecule has 0 spiro atoms. The maximum atomic E-state index is 10.1. The molecule has 0 saturated carbocycles. The molecule has 0 aliphatic carbocycles. The van der Waals surface area contributed by atoms with Gasteiger partial charge in [0.05, 0.1) is 30.5 Å². The van der Waals surface area contributed by atoms with Crippen molar-refractivity contribution in [1.82, 2.24) is 14.5 Å². The third-order valence-electron chi connectivity index (χ3n) is 3.99. The standard InChI is InChI=1S/C18H22N4O2/c1-13(14-6-4-3-5-7-14)24-12-15(23)10-20-18-21-16-11-19-9-8-17(16)22(18)2/h3-9,11,13,15,23H,10,12H2,1-2H3,(H,20,21). The summed E-state index contributed by atoms with van der Waals surface area (Å²) in [6.45, 7) is 2.61. The van der Waals surface area contributed by atoms with Crippen LogP contribution in [0.1, 0.15) is 18.6 Å². The lowest BCUT2D eigenvalue weighted by molar-refractivity contribution is 0.00237. The number of pyridine rings is 1. The number of aryl methyl sites for hydroxylation is 1. The topological polar surface area (TPSA) is 72.2 Å². The Balaban J connectivity index is 1.51. The van der Waals surface area contributed by atoms with Gasteiger partial charge >= 0.3 is 0 Å². The summed E-state index contributed by atoms with van der Waals surface area (Å²) in [7, 11) is 1.93. The zero-order chi connectivity index (χ0) is 16.9. The highest BCUT2D eigenvalue weighted by molar-refractivity contribution is 5.77. The van der Waals surface area contributed by atoms with E-state index in [0.29, 0.717) is 12.5 Å². The smallest absolute Gasteiger partial charge is 0.203 e. The van der Waals surface area contributed by atoms with Crippen LogP contribution in [0.4, 0.5) is 5.95 Å². The molecule has 126 valence electrons. The molecule has 0 bridgehead atoms. The van der Waals surface area contributed by atoms with Crippen molar-refractivity contribution in [2.45, 2.75) is 19.1 Å². The molecule has 6 nitrogen and oxygen atoms in total. The number of nitrogens with one attached hydrogen (secondary N) is 1. The lowest BCUT2D eigenvalue weighted by Gasteiger charge is -2.17. The number of rotatable bonds is 7. The van der Waals surface area contributed by atoms with E-state index in [-0.39, 0.29) is 12.7 Å². The zero-order valence-electron chi connectivity index (χ0n) is 13.9. The molecule has 0 amide bonds. The van der Waals surface area contributed by atoms with Gasteiger partial charge in [-0.1, -0.05) is 30.3 Å². The van der Waals surface area contributed by atoms with Crippen molar-refractivity contribution in [2.24, 2.45) is 7.05 Å². The number of aliphatic hydroxyl groups excluding tert-OH is 1. The van der Waals surface area contributed by atoms with E-state index in [1.54, 1.807) is 12.4 Å². The minimum atomic E-state index is -0.617. The first kappa shape index (κ1) is 16.4. The van der Waals surface area contributed by atoms with Crippen LogP contribution in [-0.4, -0.2) is 38.9 Å². The van der Waals surface area contributed by atoms with Crippen LogP contribution in [0.2, 0.25) is 0 Å². The third-order valence-corrected chi connectivity index (χ3v) is 3.99. The van der Waals surface area contributed by atoms with Crippen molar-refractivity contribution in [2.75, 3.05) is 18.5 Å². The molecule has 2 atom stereocenters. The van der Waals surface area contributed by atoms with Gasteiger partial charge in [-0.2, -0.15) is 0 Å². The maximum Gasteiger partial charge on any atom is 0.203 e. The second-order valence-electron chi connectivity index (χ2n) is 5.78. The zero-order valence-corrected chi connectivity index (χ0v) is 13.9. The van der Waals surface area contributed by atoms with Crippen LogP contribution < -0.4 is 5.32 Å². The Morgan fingerprint density at radius 3 is 2.79 bits per heavy atom. The predicted octanol–water partition coefficient (Wildman–Crippen LogP) is 2.52. The lowest BCUT2D eigenvalue weighted by atomic mass is 10.1. The van der Waals surface area contributed by atoms with Gasteiger partial charge in [0.15, 0.2) is 0 Å². The number of ether oxygens (including phenoxy) is 1. The van der Waals surface area contributed by atoms with Gasteiger partial charge in [-0.05, 0) is 18.6 Å². The number of imidazole rings is 1. The highest BCUT2D eigenvalue weighted by Crippen LogP contribution is 2.17. The molecule has 6 heteroatoms. The first-order valence-electron chi connectivity index (χ1n) is 8.00. The van der Waals surface area contributed by atoms with Crippen LogP contribution in [0.25, 0.3) is 11.0 Å². The predicted molar refractivity (Wildman–Crippen MR) is 93.8 cm³/mol. The Hall–Kier alpha value is -2.44. The largest absolute Gasteiger partial charge is 0.389 e. The summed E-state index contributed by atoms with van der Waals surface area (Å²) in [5, 5.41) is 13.3. The number of benzene rings is 1. The van der Waals surface area contributed by atoms with E-state index >= 15 is 0 Å². The summed E-state index contributed by atoms with van der Waals surface area (Å²) in [5.74, 6) is 0.702. The number of nitrogens with zero attached hydrogens (tertiary/aromatic N) is 3. The number of anilines is 1. The summed E-state index contributed by atoms with van der Waals surface area (Å²) in [4.78, 5) is 8.53. The molecule has 24 heavy (non-hydrogen) atoms. The minimum Gasteiger partial charge on any atom is -0.389 e. The molecule has 2 heterocycles. The van der Waals surface area contributed by atoms with E-state index in [9.17, 15) is 5.11 Å². The van der Waals surface area contributed by atoms with E-state index < -0.39 is 6.10 Å². The van der Waals surface area contributed by atoms with Gasteiger partial charge in [0.25, 0.3) is 0 Å². The van der Waals surface area contributed by atoms with Gasteiger partial charge in [0.2, 0.25) is 5.95 Å². The van der Waals surface area contributed by atoms with Gasteiger partial charge in [0, 0.05) is 19.8 Å². The summed E-state index contributed by atoms with van der Waals surface area (Å²) < 4.78 is 7.68. The summed E-state index contributed by atoms with van der Waals surface area (Å²) in [5.41, 5.74) is 2.92. The Morgan fingerprint density at radius 2 is 2.04 bits per heavy atom. The molecule has 2 N–H and O–H groups in total. The SMILES string of the molecule is CC(OCC(O)CNc1nc2cnccc2n1C)c1ccccc1. The number of hydrogen-bond donors (Lipinski definition) is 2. The van der Waals surface area contributed by atoms with Crippen LogP contribution in [0, 0.1) is 0 Å². The van der Waals surface area contributed by atoms with E-state index in [2.05, 4.69) is 15.3 Å². The fraction of sp³-hybridized carbons (Fsp3) is 0.333. The fourth-order valence-electron chi connectivity index (χ4n) is 2.55. The Kier molecular flexibility index (Phi) is 5.08. The first-order chi connectivity index (χ1) is 11.6. The average Bonchev–Trinajstić information content (AvgIpc) is 2.95. The molecule has 0 saturated heterocycles. The molecule has 0 aliphatic heterocycles. The van der Waals surface area contributed by atoms with Crippen LogP contribution in [0.5, 0.6) is 0 Å². The molecule has 2 aromatic heterocycles. The van der Waals surface area contributed by atoms with Crippen LogP contribution in [-0.2, 0) is 11.8 Å². The Morgan fingerprint density at radius 1 is 1.25 bits per heavy atom. The summed E-state index contributed by atoms with van der Waals surface area (Å²) in [6.07, 6.45) is 2.79. The van der Waals surface area contributed by atoms with Crippen molar-refractivity contribution in [1.29, 1.82) is 0 Å². The van der Waals surface area contributed by atoms with Gasteiger partial charge in [-0.25, -0.2) is 4.98 Å². The average molecular weight is 326 g/mol.